The van der Waals surface area contributed by atoms with Crippen molar-refractivity contribution in [3.63, 3.8) is 0 Å². The van der Waals surface area contributed by atoms with Crippen LogP contribution in [-0.2, 0) is 27.6 Å². The molecule has 1 amide bonds. The van der Waals surface area contributed by atoms with Crippen LogP contribution in [0, 0.1) is 0 Å². The molecule has 0 fully saturated rings. The van der Waals surface area contributed by atoms with E-state index in [4.69, 9.17) is 16.7 Å². The number of sulfone groups is 1. The molecule has 0 atom stereocenters. The molecule has 7 heteroatoms. The SMILES string of the molecule is O=C(Cc1ccccc1Cl)NCc1ccc(S(=O)(=O)CCO)cc1. The average molecular weight is 368 g/mol. The number of halogens is 1. The first kappa shape index (κ1) is 18.4. The molecule has 5 nitrogen and oxygen atoms in total. The van der Waals surface area contributed by atoms with Crippen molar-refractivity contribution in [3.8, 4) is 0 Å². The van der Waals surface area contributed by atoms with Crippen LogP contribution in [-0.4, -0.2) is 31.8 Å². The number of benzene rings is 2. The van der Waals surface area contributed by atoms with Gasteiger partial charge in [0, 0.05) is 11.6 Å². The molecule has 2 aromatic rings. The highest BCUT2D eigenvalue weighted by atomic mass is 35.5. The van der Waals surface area contributed by atoms with Crippen molar-refractivity contribution in [2.24, 2.45) is 0 Å². The Bertz CT molecular complexity index is 804. The van der Waals surface area contributed by atoms with Crippen LogP contribution in [0.3, 0.4) is 0 Å². The molecule has 2 aromatic carbocycles. The Labute approximate surface area is 146 Å². The maximum Gasteiger partial charge on any atom is 0.224 e. The Morgan fingerprint density at radius 1 is 1.08 bits per heavy atom. The molecule has 0 heterocycles. The van der Waals surface area contributed by atoms with E-state index in [2.05, 4.69) is 5.32 Å². The molecule has 0 bridgehead atoms. The topological polar surface area (TPSA) is 83.5 Å². The van der Waals surface area contributed by atoms with E-state index in [1.165, 1.54) is 12.1 Å². The first-order valence-corrected chi connectivity index (χ1v) is 9.38. The van der Waals surface area contributed by atoms with Crippen molar-refractivity contribution in [2.45, 2.75) is 17.9 Å². The third-order valence-electron chi connectivity index (χ3n) is 3.44. The van der Waals surface area contributed by atoms with E-state index in [1.54, 1.807) is 30.3 Å². The molecule has 0 unspecified atom stereocenters. The molecule has 0 aliphatic rings. The molecular weight excluding hydrogens is 350 g/mol. The van der Waals surface area contributed by atoms with E-state index in [0.29, 0.717) is 11.6 Å². The minimum atomic E-state index is -3.46. The number of carbonyl (C=O) groups excluding carboxylic acids is 1. The van der Waals surface area contributed by atoms with Gasteiger partial charge in [0.2, 0.25) is 5.91 Å². The number of aliphatic hydroxyl groups excluding tert-OH is 1. The normalized spacial score (nSPS) is 11.2. The minimum Gasteiger partial charge on any atom is -0.395 e. The van der Waals surface area contributed by atoms with Crippen LogP contribution in [0.5, 0.6) is 0 Å². The van der Waals surface area contributed by atoms with Gasteiger partial charge in [-0.25, -0.2) is 8.42 Å². The highest BCUT2D eigenvalue weighted by molar-refractivity contribution is 7.91. The van der Waals surface area contributed by atoms with Gasteiger partial charge in [0.15, 0.2) is 9.84 Å². The zero-order chi connectivity index (χ0) is 17.6. The predicted octanol–water partition coefficient (Wildman–Crippen LogP) is 1.96. The summed E-state index contributed by atoms with van der Waals surface area (Å²) in [5.41, 5.74) is 1.53. The first-order chi connectivity index (χ1) is 11.4. The quantitative estimate of drug-likeness (QED) is 0.783. The van der Waals surface area contributed by atoms with Gasteiger partial charge in [-0.05, 0) is 29.3 Å². The van der Waals surface area contributed by atoms with Crippen molar-refractivity contribution in [3.05, 3.63) is 64.7 Å². The van der Waals surface area contributed by atoms with Crippen LogP contribution >= 0.6 is 11.6 Å². The monoisotopic (exact) mass is 367 g/mol. The van der Waals surface area contributed by atoms with Gasteiger partial charge in [-0.2, -0.15) is 0 Å². The molecule has 128 valence electrons. The number of carbonyl (C=O) groups is 1. The molecule has 0 radical (unpaired) electrons. The highest BCUT2D eigenvalue weighted by Gasteiger charge is 2.13. The lowest BCUT2D eigenvalue weighted by atomic mass is 10.1. The van der Waals surface area contributed by atoms with Gasteiger partial charge in [0.05, 0.1) is 23.7 Å². The Hall–Kier alpha value is -1.89. The molecule has 2 rings (SSSR count). The smallest absolute Gasteiger partial charge is 0.224 e. The number of amides is 1. The summed E-state index contributed by atoms with van der Waals surface area (Å²) in [5, 5.41) is 12.1. The summed E-state index contributed by atoms with van der Waals surface area (Å²) >= 11 is 6.02. The number of hydrogen-bond acceptors (Lipinski definition) is 4. The largest absolute Gasteiger partial charge is 0.395 e. The predicted molar refractivity (Wildman–Crippen MR) is 92.6 cm³/mol. The zero-order valence-electron chi connectivity index (χ0n) is 12.9. The van der Waals surface area contributed by atoms with Gasteiger partial charge in [0.1, 0.15) is 0 Å². The zero-order valence-corrected chi connectivity index (χ0v) is 14.5. The third kappa shape index (κ3) is 5.06. The number of hydrogen-bond donors (Lipinski definition) is 2. The van der Waals surface area contributed by atoms with E-state index in [1.807, 2.05) is 6.07 Å². The summed E-state index contributed by atoms with van der Waals surface area (Å²) in [6, 6.07) is 13.4. The second-order valence-corrected chi connectivity index (χ2v) is 7.75. The van der Waals surface area contributed by atoms with Crippen molar-refractivity contribution in [2.75, 3.05) is 12.4 Å². The molecule has 0 aliphatic carbocycles. The Morgan fingerprint density at radius 3 is 2.38 bits per heavy atom. The summed E-state index contributed by atoms with van der Waals surface area (Å²) < 4.78 is 23.6. The van der Waals surface area contributed by atoms with Crippen LogP contribution in [0.2, 0.25) is 5.02 Å². The number of nitrogens with one attached hydrogen (secondary N) is 1. The van der Waals surface area contributed by atoms with E-state index >= 15 is 0 Å². The fourth-order valence-electron chi connectivity index (χ4n) is 2.13. The summed E-state index contributed by atoms with van der Waals surface area (Å²) in [6.45, 7) is -0.119. The van der Waals surface area contributed by atoms with Crippen molar-refractivity contribution in [1.82, 2.24) is 5.32 Å². The van der Waals surface area contributed by atoms with Gasteiger partial charge >= 0.3 is 0 Å². The maximum atomic E-state index is 12.0. The van der Waals surface area contributed by atoms with Crippen molar-refractivity contribution < 1.29 is 18.3 Å². The lowest BCUT2D eigenvalue weighted by molar-refractivity contribution is -0.120. The standard InChI is InChI=1S/C17H18ClNO4S/c18-16-4-2-1-3-14(16)11-17(21)19-12-13-5-7-15(8-6-13)24(22,23)10-9-20/h1-8,20H,9-12H2,(H,19,21). The van der Waals surface area contributed by atoms with Gasteiger partial charge in [-0.3, -0.25) is 4.79 Å². The fraction of sp³-hybridized carbons (Fsp3) is 0.235. The summed E-state index contributed by atoms with van der Waals surface area (Å²) in [4.78, 5) is 12.1. The Morgan fingerprint density at radius 2 is 1.75 bits per heavy atom. The molecule has 0 saturated carbocycles. The average Bonchev–Trinajstić information content (AvgIpc) is 2.55. The highest BCUT2D eigenvalue weighted by Crippen LogP contribution is 2.15. The van der Waals surface area contributed by atoms with Gasteiger partial charge in [-0.15, -0.1) is 0 Å². The summed E-state index contributed by atoms with van der Waals surface area (Å²) in [7, 11) is -3.46. The molecule has 0 aromatic heterocycles. The molecule has 0 spiro atoms. The lowest BCUT2D eigenvalue weighted by Gasteiger charge is -2.08. The molecular formula is C17H18ClNO4S. The van der Waals surface area contributed by atoms with Crippen LogP contribution in [0.4, 0.5) is 0 Å². The third-order valence-corrected chi connectivity index (χ3v) is 5.52. The van der Waals surface area contributed by atoms with Crippen LogP contribution in [0.25, 0.3) is 0 Å². The summed E-state index contributed by atoms with van der Waals surface area (Å²) in [5.74, 6) is -0.471. The van der Waals surface area contributed by atoms with E-state index in [9.17, 15) is 13.2 Å². The Balaban J connectivity index is 1.93. The van der Waals surface area contributed by atoms with Gasteiger partial charge in [0.25, 0.3) is 0 Å². The maximum absolute atomic E-state index is 12.0. The van der Waals surface area contributed by atoms with Crippen LogP contribution in [0.15, 0.2) is 53.4 Å². The van der Waals surface area contributed by atoms with Crippen LogP contribution in [0.1, 0.15) is 11.1 Å². The molecule has 2 N–H and O–H groups in total. The van der Waals surface area contributed by atoms with Crippen LogP contribution < -0.4 is 5.32 Å². The summed E-state index contributed by atoms with van der Waals surface area (Å²) in [6.07, 6.45) is 0.183. The van der Waals surface area contributed by atoms with E-state index < -0.39 is 16.4 Å². The first-order valence-electron chi connectivity index (χ1n) is 7.35. The van der Waals surface area contributed by atoms with Crippen molar-refractivity contribution >= 4 is 27.3 Å². The fourth-order valence-corrected chi connectivity index (χ4v) is 3.36. The molecule has 0 saturated heterocycles. The minimum absolute atomic E-state index is 0.155. The van der Waals surface area contributed by atoms with E-state index in [0.717, 1.165) is 11.1 Å². The Kier molecular flexibility index (Phi) is 6.36. The second-order valence-electron chi connectivity index (χ2n) is 5.23. The number of aliphatic hydroxyl groups is 1. The molecule has 24 heavy (non-hydrogen) atoms. The van der Waals surface area contributed by atoms with Gasteiger partial charge in [-0.1, -0.05) is 41.9 Å². The lowest BCUT2D eigenvalue weighted by Crippen LogP contribution is -2.24. The van der Waals surface area contributed by atoms with Gasteiger partial charge < -0.3 is 10.4 Å². The second kappa shape index (κ2) is 8.28. The van der Waals surface area contributed by atoms with Crippen molar-refractivity contribution in [1.29, 1.82) is 0 Å². The number of rotatable bonds is 7. The van der Waals surface area contributed by atoms with E-state index in [-0.39, 0.29) is 23.0 Å². The molecule has 0 aliphatic heterocycles.